The first-order chi connectivity index (χ1) is 11.2. The summed E-state index contributed by atoms with van der Waals surface area (Å²) in [5, 5.41) is 7.42. The van der Waals surface area contributed by atoms with Crippen LogP contribution in [-0.2, 0) is 6.54 Å². The molecule has 0 unspecified atom stereocenters. The predicted octanol–water partition coefficient (Wildman–Crippen LogP) is 4.53. The fraction of sp³-hybridized carbons (Fsp3) is 0.0625. The normalized spacial score (nSPS) is 10.3. The highest BCUT2D eigenvalue weighted by molar-refractivity contribution is 6.35. The Morgan fingerprint density at radius 1 is 0.957 bits per heavy atom. The molecule has 2 aromatic heterocycles. The molecule has 0 radical (unpaired) electrons. The van der Waals surface area contributed by atoms with Crippen molar-refractivity contribution in [1.82, 2.24) is 15.0 Å². The first kappa shape index (κ1) is 15.5. The Morgan fingerprint density at radius 3 is 2.70 bits per heavy atom. The van der Waals surface area contributed by atoms with Gasteiger partial charge in [-0.05, 0) is 36.4 Å². The number of nitrogens with one attached hydrogen (secondary N) is 2. The van der Waals surface area contributed by atoms with E-state index in [9.17, 15) is 0 Å². The third-order valence-electron chi connectivity index (χ3n) is 3.00. The lowest BCUT2D eigenvalue weighted by Gasteiger charge is -2.09. The van der Waals surface area contributed by atoms with E-state index < -0.39 is 0 Å². The third-order valence-corrected chi connectivity index (χ3v) is 3.57. The molecule has 0 atom stereocenters. The summed E-state index contributed by atoms with van der Waals surface area (Å²) >= 11 is 12.1. The Morgan fingerprint density at radius 2 is 1.87 bits per heavy atom. The summed E-state index contributed by atoms with van der Waals surface area (Å²) in [4.78, 5) is 12.8. The Balaban J connectivity index is 1.71. The molecule has 0 aliphatic rings. The van der Waals surface area contributed by atoms with Crippen LogP contribution in [0, 0.1) is 0 Å². The summed E-state index contributed by atoms with van der Waals surface area (Å²) in [6.07, 6.45) is 3.41. The number of benzene rings is 1. The molecule has 116 valence electrons. The molecule has 0 amide bonds. The summed E-state index contributed by atoms with van der Waals surface area (Å²) in [5.74, 6) is 1.12. The van der Waals surface area contributed by atoms with Crippen molar-refractivity contribution in [3.63, 3.8) is 0 Å². The fourth-order valence-electron chi connectivity index (χ4n) is 1.92. The number of aromatic nitrogens is 3. The second-order valence-electron chi connectivity index (χ2n) is 4.69. The SMILES string of the molecule is Clc1ccc(Cl)c(Nc2ccnc(NCc3ccccn3)n2)c1. The average molecular weight is 346 g/mol. The van der Waals surface area contributed by atoms with Crippen molar-refractivity contribution in [3.8, 4) is 0 Å². The van der Waals surface area contributed by atoms with Gasteiger partial charge in [-0.1, -0.05) is 29.3 Å². The van der Waals surface area contributed by atoms with E-state index in [1.54, 1.807) is 36.7 Å². The highest BCUT2D eigenvalue weighted by Gasteiger charge is 2.04. The van der Waals surface area contributed by atoms with E-state index in [-0.39, 0.29) is 0 Å². The summed E-state index contributed by atoms with van der Waals surface area (Å²) in [5.41, 5.74) is 1.60. The molecule has 0 saturated heterocycles. The minimum atomic E-state index is 0.499. The van der Waals surface area contributed by atoms with Crippen LogP contribution >= 0.6 is 23.2 Å². The summed E-state index contributed by atoms with van der Waals surface area (Å²) in [6.45, 7) is 0.544. The minimum absolute atomic E-state index is 0.499. The highest BCUT2D eigenvalue weighted by Crippen LogP contribution is 2.27. The van der Waals surface area contributed by atoms with Gasteiger partial charge in [0.25, 0.3) is 0 Å². The number of anilines is 3. The average Bonchev–Trinajstić information content (AvgIpc) is 2.58. The Hall–Kier alpha value is -2.37. The van der Waals surface area contributed by atoms with Crippen LogP contribution in [0.25, 0.3) is 0 Å². The van der Waals surface area contributed by atoms with Crippen molar-refractivity contribution in [2.75, 3.05) is 10.6 Å². The molecule has 2 N–H and O–H groups in total. The van der Waals surface area contributed by atoms with Gasteiger partial charge in [-0.25, -0.2) is 4.98 Å². The summed E-state index contributed by atoms with van der Waals surface area (Å²) in [6, 6.07) is 12.7. The van der Waals surface area contributed by atoms with E-state index in [2.05, 4.69) is 25.6 Å². The molecule has 3 aromatic rings. The highest BCUT2D eigenvalue weighted by atomic mass is 35.5. The van der Waals surface area contributed by atoms with Crippen molar-refractivity contribution >= 4 is 40.7 Å². The Kier molecular flexibility index (Phi) is 4.90. The smallest absolute Gasteiger partial charge is 0.224 e. The van der Waals surface area contributed by atoms with Crippen molar-refractivity contribution < 1.29 is 0 Å². The molecule has 0 bridgehead atoms. The zero-order valence-corrected chi connectivity index (χ0v) is 13.5. The van der Waals surface area contributed by atoms with Crippen molar-refractivity contribution in [2.24, 2.45) is 0 Å². The Labute approximate surface area is 143 Å². The van der Waals surface area contributed by atoms with E-state index in [4.69, 9.17) is 23.2 Å². The molecule has 0 fully saturated rings. The second kappa shape index (κ2) is 7.26. The zero-order valence-electron chi connectivity index (χ0n) is 12.0. The first-order valence-corrected chi connectivity index (χ1v) is 7.65. The van der Waals surface area contributed by atoms with E-state index in [1.165, 1.54) is 0 Å². The molecule has 2 heterocycles. The van der Waals surface area contributed by atoms with Crippen LogP contribution in [0.3, 0.4) is 0 Å². The van der Waals surface area contributed by atoms with Gasteiger partial charge in [0.05, 0.1) is 22.9 Å². The zero-order chi connectivity index (χ0) is 16.1. The van der Waals surface area contributed by atoms with Crippen LogP contribution < -0.4 is 10.6 Å². The molecular formula is C16H13Cl2N5. The van der Waals surface area contributed by atoms with E-state index in [1.807, 2.05) is 18.2 Å². The van der Waals surface area contributed by atoms with Gasteiger partial charge in [-0.2, -0.15) is 4.98 Å². The monoisotopic (exact) mass is 345 g/mol. The van der Waals surface area contributed by atoms with Crippen LogP contribution in [0.1, 0.15) is 5.69 Å². The standard InChI is InChI=1S/C16H13Cl2N5/c17-11-4-5-13(18)14(9-11)22-15-6-8-20-16(23-15)21-10-12-3-1-2-7-19-12/h1-9H,10H2,(H2,20,21,22,23). The quantitative estimate of drug-likeness (QED) is 0.710. The van der Waals surface area contributed by atoms with Gasteiger partial charge in [0, 0.05) is 17.4 Å². The van der Waals surface area contributed by atoms with Crippen molar-refractivity contribution in [3.05, 3.63) is 70.6 Å². The Bertz CT molecular complexity index is 795. The predicted molar refractivity (Wildman–Crippen MR) is 93.3 cm³/mol. The number of halogens is 2. The van der Waals surface area contributed by atoms with Crippen molar-refractivity contribution in [1.29, 1.82) is 0 Å². The third kappa shape index (κ3) is 4.31. The molecule has 0 saturated carbocycles. The molecule has 5 nitrogen and oxygen atoms in total. The summed E-state index contributed by atoms with van der Waals surface area (Å²) in [7, 11) is 0. The number of hydrogen-bond acceptors (Lipinski definition) is 5. The second-order valence-corrected chi connectivity index (χ2v) is 5.53. The topological polar surface area (TPSA) is 62.7 Å². The van der Waals surface area contributed by atoms with Gasteiger partial charge in [-0.3, -0.25) is 4.98 Å². The van der Waals surface area contributed by atoms with Gasteiger partial charge in [0.15, 0.2) is 0 Å². The molecule has 1 aromatic carbocycles. The lowest BCUT2D eigenvalue weighted by molar-refractivity contribution is 1.00. The van der Waals surface area contributed by atoms with Gasteiger partial charge in [0.1, 0.15) is 5.82 Å². The lowest BCUT2D eigenvalue weighted by Crippen LogP contribution is -2.06. The van der Waals surface area contributed by atoms with Crippen LogP contribution in [0.5, 0.6) is 0 Å². The lowest BCUT2D eigenvalue weighted by atomic mass is 10.3. The van der Waals surface area contributed by atoms with Gasteiger partial charge < -0.3 is 10.6 Å². The molecule has 0 aliphatic heterocycles. The molecule has 7 heteroatoms. The van der Waals surface area contributed by atoms with Crippen LogP contribution in [0.15, 0.2) is 54.9 Å². The number of nitrogens with zero attached hydrogens (tertiary/aromatic N) is 3. The van der Waals surface area contributed by atoms with Gasteiger partial charge >= 0.3 is 0 Å². The number of hydrogen-bond donors (Lipinski definition) is 2. The van der Waals surface area contributed by atoms with E-state index in [0.717, 1.165) is 5.69 Å². The maximum absolute atomic E-state index is 6.14. The maximum atomic E-state index is 6.14. The molecule has 3 rings (SSSR count). The van der Waals surface area contributed by atoms with Crippen LogP contribution in [0.4, 0.5) is 17.5 Å². The van der Waals surface area contributed by atoms with Gasteiger partial charge in [-0.15, -0.1) is 0 Å². The van der Waals surface area contributed by atoms with Crippen LogP contribution in [0.2, 0.25) is 10.0 Å². The largest absolute Gasteiger partial charge is 0.349 e. The summed E-state index contributed by atoms with van der Waals surface area (Å²) < 4.78 is 0. The molecule has 0 aliphatic carbocycles. The van der Waals surface area contributed by atoms with E-state index in [0.29, 0.717) is 34.0 Å². The van der Waals surface area contributed by atoms with E-state index >= 15 is 0 Å². The van der Waals surface area contributed by atoms with Crippen LogP contribution in [-0.4, -0.2) is 15.0 Å². The number of rotatable bonds is 5. The molecule has 23 heavy (non-hydrogen) atoms. The first-order valence-electron chi connectivity index (χ1n) is 6.89. The number of pyridine rings is 1. The minimum Gasteiger partial charge on any atom is -0.349 e. The maximum Gasteiger partial charge on any atom is 0.224 e. The fourth-order valence-corrected chi connectivity index (χ4v) is 2.25. The molecule has 0 spiro atoms. The van der Waals surface area contributed by atoms with Crippen molar-refractivity contribution in [2.45, 2.75) is 6.54 Å². The van der Waals surface area contributed by atoms with Gasteiger partial charge in [0.2, 0.25) is 5.95 Å². The molecular weight excluding hydrogens is 333 g/mol.